The average molecular weight is 311 g/mol. The van der Waals surface area contributed by atoms with Gasteiger partial charge in [0.2, 0.25) is 15.9 Å². The highest BCUT2D eigenvalue weighted by atomic mass is 32.2. The Labute approximate surface area is 125 Å². The third-order valence-corrected chi connectivity index (χ3v) is 4.25. The number of anilines is 2. The first kappa shape index (κ1) is 15.8. The summed E-state index contributed by atoms with van der Waals surface area (Å²) in [6.07, 6.45) is 1.08. The van der Waals surface area contributed by atoms with Crippen LogP contribution in [0.25, 0.3) is 0 Å². The summed E-state index contributed by atoms with van der Waals surface area (Å²) in [6.45, 7) is 5.47. The predicted molar refractivity (Wildman–Crippen MR) is 83.8 cm³/mol. The largest absolute Gasteiger partial charge is 0.324 e. The third kappa shape index (κ3) is 4.18. The minimum absolute atomic E-state index is 0.0938. The maximum absolute atomic E-state index is 12.3. The molecule has 21 heavy (non-hydrogen) atoms. The van der Waals surface area contributed by atoms with Crippen LogP contribution in [0.3, 0.4) is 0 Å². The molecule has 3 N–H and O–H groups in total. The second-order valence-corrected chi connectivity index (χ2v) is 7.37. The lowest BCUT2D eigenvalue weighted by molar-refractivity contribution is -0.121. The van der Waals surface area contributed by atoms with E-state index in [-0.39, 0.29) is 11.8 Å². The van der Waals surface area contributed by atoms with Gasteiger partial charge in [0.05, 0.1) is 17.6 Å². The average Bonchev–Trinajstić information content (AvgIpc) is 2.28. The highest BCUT2D eigenvalue weighted by Crippen LogP contribution is 2.26. The molecular formula is C14H21N3O3S. The molecular weight excluding hydrogens is 290 g/mol. The van der Waals surface area contributed by atoms with Gasteiger partial charge in [-0.3, -0.25) is 9.52 Å². The second kappa shape index (κ2) is 6.03. The second-order valence-electron chi connectivity index (χ2n) is 5.62. The number of aryl methyl sites for hydroxylation is 1. The molecule has 1 atom stereocenters. The first-order chi connectivity index (χ1) is 9.76. The van der Waals surface area contributed by atoms with Crippen molar-refractivity contribution in [2.75, 3.05) is 29.4 Å². The van der Waals surface area contributed by atoms with E-state index in [0.717, 1.165) is 24.9 Å². The van der Waals surface area contributed by atoms with Crippen molar-refractivity contribution in [1.82, 2.24) is 5.32 Å². The predicted octanol–water partition coefficient (Wildman–Crippen LogP) is 1.16. The van der Waals surface area contributed by atoms with Crippen LogP contribution in [0.1, 0.15) is 12.5 Å². The van der Waals surface area contributed by atoms with Gasteiger partial charge in [0.25, 0.3) is 0 Å². The number of benzene rings is 1. The smallest absolute Gasteiger partial charge is 0.229 e. The van der Waals surface area contributed by atoms with Crippen LogP contribution in [-0.2, 0) is 14.8 Å². The van der Waals surface area contributed by atoms with Crippen molar-refractivity contribution in [2.45, 2.75) is 13.8 Å². The summed E-state index contributed by atoms with van der Waals surface area (Å²) in [7, 11) is -3.39. The molecule has 0 aliphatic carbocycles. The molecule has 2 rings (SSSR count). The Balaban J connectivity index is 2.17. The van der Waals surface area contributed by atoms with E-state index in [1.165, 1.54) is 0 Å². The van der Waals surface area contributed by atoms with E-state index in [9.17, 15) is 13.2 Å². The minimum atomic E-state index is -3.39. The zero-order chi connectivity index (χ0) is 15.6. The zero-order valence-electron chi connectivity index (χ0n) is 12.4. The molecule has 1 aromatic carbocycles. The first-order valence-electron chi connectivity index (χ1n) is 6.86. The molecule has 0 aromatic heterocycles. The fourth-order valence-corrected chi connectivity index (χ4v) is 2.75. The molecule has 0 spiro atoms. The molecule has 7 heteroatoms. The third-order valence-electron chi connectivity index (χ3n) is 3.66. The number of nitrogens with one attached hydrogen (secondary N) is 3. The normalized spacial score (nSPS) is 16.9. The molecule has 1 aliphatic heterocycles. The molecule has 1 amide bonds. The molecule has 1 saturated heterocycles. The van der Waals surface area contributed by atoms with Gasteiger partial charge in [-0.25, -0.2) is 8.42 Å². The molecule has 1 aliphatic rings. The number of sulfonamides is 1. The van der Waals surface area contributed by atoms with Crippen molar-refractivity contribution >= 4 is 27.3 Å². The van der Waals surface area contributed by atoms with Crippen molar-refractivity contribution < 1.29 is 13.2 Å². The lowest BCUT2D eigenvalue weighted by atomic mass is 9.88. The van der Waals surface area contributed by atoms with Crippen molar-refractivity contribution in [1.29, 1.82) is 0 Å². The summed E-state index contributed by atoms with van der Waals surface area (Å²) in [6, 6.07) is 5.21. The Bertz CT molecular complexity index is 639. The van der Waals surface area contributed by atoms with Gasteiger partial charge in [0, 0.05) is 5.92 Å². The van der Waals surface area contributed by atoms with E-state index in [1.54, 1.807) is 18.2 Å². The van der Waals surface area contributed by atoms with E-state index in [1.807, 2.05) is 13.8 Å². The van der Waals surface area contributed by atoms with Crippen LogP contribution in [-0.4, -0.2) is 33.7 Å². The van der Waals surface area contributed by atoms with Crippen molar-refractivity contribution in [3.05, 3.63) is 23.8 Å². The molecule has 1 heterocycles. The topological polar surface area (TPSA) is 87.3 Å². The molecule has 116 valence electrons. The van der Waals surface area contributed by atoms with Crippen LogP contribution in [0.4, 0.5) is 11.4 Å². The molecule has 6 nitrogen and oxygen atoms in total. The molecule has 1 aromatic rings. The molecule has 1 unspecified atom stereocenters. The minimum Gasteiger partial charge on any atom is -0.324 e. The fourth-order valence-electron chi connectivity index (χ4n) is 2.18. The van der Waals surface area contributed by atoms with E-state index in [4.69, 9.17) is 0 Å². The number of carbonyl (C=O) groups is 1. The van der Waals surface area contributed by atoms with Crippen LogP contribution in [0.15, 0.2) is 18.2 Å². The fraction of sp³-hybridized carbons (Fsp3) is 0.500. The van der Waals surface area contributed by atoms with Crippen LogP contribution in [0.5, 0.6) is 0 Å². The van der Waals surface area contributed by atoms with Gasteiger partial charge in [-0.1, -0.05) is 13.0 Å². The molecule has 0 radical (unpaired) electrons. The Kier molecular flexibility index (Phi) is 4.53. The Morgan fingerprint density at radius 2 is 2.00 bits per heavy atom. The first-order valence-corrected chi connectivity index (χ1v) is 8.75. The van der Waals surface area contributed by atoms with Crippen molar-refractivity contribution in [3.63, 3.8) is 0 Å². The monoisotopic (exact) mass is 311 g/mol. The Morgan fingerprint density at radius 3 is 2.52 bits per heavy atom. The van der Waals surface area contributed by atoms with Gasteiger partial charge in [0.1, 0.15) is 0 Å². The SMILES string of the molecule is Cc1ccc(NS(C)(=O)=O)c(NC(=O)C(C)C2CNC2)c1. The number of hydrogen-bond acceptors (Lipinski definition) is 4. The van der Waals surface area contributed by atoms with Gasteiger partial charge < -0.3 is 10.6 Å². The van der Waals surface area contributed by atoms with E-state index in [2.05, 4.69) is 15.4 Å². The highest BCUT2D eigenvalue weighted by Gasteiger charge is 2.29. The number of amides is 1. The van der Waals surface area contributed by atoms with Crippen molar-refractivity contribution in [2.24, 2.45) is 11.8 Å². The summed E-state index contributed by atoms with van der Waals surface area (Å²) < 4.78 is 25.2. The zero-order valence-corrected chi connectivity index (χ0v) is 13.3. The van der Waals surface area contributed by atoms with Gasteiger partial charge in [-0.2, -0.15) is 0 Å². The lowest BCUT2D eigenvalue weighted by Crippen LogP contribution is -2.48. The van der Waals surface area contributed by atoms with Crippen LogP contribution in [0.2, 0.25) is 0 Å². The van der Waals surface area contributed by atoms with E-state index < -0.39 is 10.0 Å². The summed E-state index contributed by atoms with van der Waals surface area (Å²) in [5.74, 6) is 0.127. The van der Waals surface area contributed by atoms with Crippen LogP contribution < -0.4 is 15.4 Å². The van der Waals surface area contributed by atoms with Crippen molar-refractivity contribution in [3.8, 4) is 0 Å². The quantitative estimate of drug-likeness (QED) is 0.761. The number of rotatable bonds is 5. The lowest BCUT2D eigenvalue weighted by Gasteiger charge is -2.31. The number of carbonyl (C=O) groups excluding carboxylic acids is 1. The maximum atomic E-state index is 12.3. The summed E-state index contributed by atoms with van der Waals surface area (Å²) in [5, 5.41) is 5.97. The summed E-state index contributed by atoms with van der Waals surface area (Å²) >= 11 is 0. The Morgan fingerprint density at radius 1 is 1.33 bits per heavy atom. The van der Waals surface area contributed by atoms with Gasteiger partial charge in [-0.15, -0.1) is 0 Å². The molecule has 1 fully saturated rings. The van der Waals surface area contributed by atoms with Crippen LogP contribution >= 0.6 is 0 Å². The van der Waals surface area contributed by atoms with Gasteiger partial charge >= 0.3 is 0 Å². The van der Waals surface area contributed by atoms with E-state index >= 15 is 0 Å². The van der Waals surface area contributed by atoms with Gasteiger partial charge in [-0.05, 0) is 43.6 Å². The summed E-state index contributed by atoms with van der Waals surface area (Å²) in [4.78, 5) is 12.3. The summed E-state index contributed by atoms with van der Waals surface area (Å²) in [5.41, 5.74) is 1.82. The van der Waals surface area contributed by atoms with Crippen LogP contribution in [0, 0.1) is 18.8 Å². The Hall–Kier alpha value is -1.60. The van der Waals surface area contributed by atoms with Gasteiger partial charge in [0.15, 0.2) is 0 Å². The molecule has 0 saturated carbocycles. The standard InChI is InChI=1S/C14H21N3O3S/c1-9-4-5-12(17-21(3,19)20)13(6-9)16-14(18)10(2)11-7-15-8-11/h4-6,10-11,15,17H,7-8H2,1-3H3,(H,16,18). The highest BCUT2D eigenvalue weighted by molar-refractivity contribution is 7.92. The maximum Gasteiger partial charge on any atom is 0.229 e. The molecule has 0 bridgehead atoms. The number of hydrogen-bond donors (Lipinski definition) is 3. The van der Waals surface area contributed by atoms with E-state index in [0.29, 0.717) is 17.3 Å².